The van der Waals surface area contributed by atoms with Crippen molar-refractivity contribution < 1.29 is 38.6 Å². The number of nitrogens with one attached hydrogen (secondary N) is 4. The quantitative estimate of drug-likeness (QED) is 0.0833. The van der Waals surface area contributed by atoms with E-state index in [-0.39, 0.29) is 22.7 Å². The van der Waals surface area contributed by atoms with E-state index in [0.29, 0.717) is 73.3 Å². The minimum absolute atomic E-state index is 0.0674. The highest BCUT2D eigenvalue weighted by atomic mass is 32.1. The zero-order valence-corrected chi connectivity index (χ0v) is 41.9. The van der Waals surface area contributed by atoms with Gasteiger partial charge in [-0.2, -0.15) is 0 Å². The highest BCUT2D eigenvalue weighted by Gasteiger charge is 2.18. The second-order valence-corrected chi connectivity index (χ2v) is 16.9. The molecule has 72 heavy (non-hydrogen) atoms. The van der Waals surface area contributed by atoms with Gasteiger partial charge < -0.3 is 59.8 Å². The number of morpholine rings is 4. The number of non-ortho nitro benzene ring substituents is 4. The summed E-state index contributed by atoms with van der Waals surface area (Å²) >= 11 is 21.1. The van der Waals surface area contributed by atoms with E-state index in [1.165, 1.54) is 48.5 Å². The number of ether oxygens (including phenoxy) is 4. The number of thiocarbonyl (C=S) groups is 4. The van der Waals surface area contributed by atoms with Crippen LogP contribution in [-0.4, -0.2) is 165 Å². The van der Waals surface area contributed by atoms with Crippen molar-refractivity contribution in [2.24, 2.45) is 0 Å². The Labute approximate surface area is 435 Å². The van der Waals surface area contributed by atoms with Crippen LogP contribution in [-0.2, 0) is 18.9 Å². The number of hydrogen-bond donors (Lipinski definition) is 4. The van der Waals surface area contributed by atoms with Crippen LogP contribution in [0.3, 0.4) is 0 Å². The molecule has 0 saturated carbocycles. The van der Waals surface area contributed by atoms with Gasteiger partial charge in [0.25, 0.3) is 22.7 Å². The van der Waals surface area contributed by atoms with Gasteiger partial charge in [0.1, 0.15) is 0 Å². The highest BCUT2D eigenvalue weighted by molar-refractivity contribution is 7.81. The second kappa shape index (κ2) is 29.4. The molecular formula is C44H52N12O12S4. The van der Waals surface area contributed by atoms with Crippen LogP contribution in [0.1, 0.15) is 0 Å². The normalized spacial score (nSPS) is 15.2. The van der Waals surface area contributed by atoms with Gasteiger partial charge in [0.2, 0.25) is 0 Å². The monoisotopic (exact) mass is 1070 g/mol. The Morgan fingerprint density at radius 2 is 0.486 bits per heavy atom. The molecule has 28 heteroatoms. The van der Waals surface area contributed by atoms with Crippen LogP contribution in [0.2, 0.25) is 0 Å². The fourth-order valence-electron chi connectivity index (χ4n) is 6.54. The molecule has 0 aromatic heterocycles. The van der Waals surface area contributed by atoms with Crippen LogP contribution in [0.5, 0.6) is 0 Å². The van der Waals surface area contributed by atoms with E-state index in [2.05, 4.69) is 21.3 Å². The molecule has 4 aliphatic rings. The molecule has 4 saturated heterocycles. The summed E-state index contributed by atoms with van der Waals surface area (Å²) in [6.45, 7) is 11.5. The molecule has 24 nitrogen and oxygen atoms in total. The zero-order valence-electron chi connectivity index (χ0n) is 38.7. The first kappa shape index (κ1) is 56.0. The van der Waals surface area contributed by atoms with Gasteiger partial charge >= 0.3 is 0 Å². The van der Waals surface area contributed by atoms with Gasteiger partial charge in [-0.3, -0.25) is 40.5 Å². The second-order valence-electron chi connectivity index (χ2n) is 15.3. The Bertz CT molecular complexity index is 2120. The van der Waals surface area contributed by atoms with Gasteiger partial charge in [0.15, 0.2) is 20.4 Å². The maximum absolute atomic E-state index is 10.5. The molecule has 0 spiro atoms. The first-order valence-electron chi connectivity index (χ1n) is 22.2. The van der Waals surface area contributed by atoms with E-state index >= 15 is 0 Å². The van der Waals surface area contributed by atoms with Gasteiger partial charge in [-0.15, -0.1) is 0 Å². The largest absolute Gasteiger partial charge is 0.378 e. The fraction of sp³-hybridized carbons (Fsp3) is 0.364. The summed E-state index contributed by atoms with van der Waals surface area (Å²) in [5.41, 5.74) is 3.26. The first-order chi connectivity index (χ1) is 34.7. The Hall–Kier alpha value is -6.92. The predicted molar refractivity (Wildman–Crippen MR) is 287 cm³/mol. The summed E-state index contributed by atoms with van der Waals surface area (Å²) in [6.07, 6.45) is 0. The van der Waals surface area contributed by atoms with Crippen molar-refractivity contribution >= 4 is 115 Å². The molecule has 4 fully saturated rings. The van der Waals surface area contributed by atoms with E-state index in [4.69, 9.17) is 67.8 Å². The highest BCUT2D eigenvalue weighted by Crippen LogP contribution is 2.20. The molecule has 0 atom stereocenters. The van der Waals surface area contributed by atoms with E-state index in [1.54, 1.807) is 48.5 Å². The maximum Gasteiger partial charge on any atom is 0.269 e. The van der Waals surface area contributed by atoms with Crippen molar-refractivity contribution in [1.29, 1.82) is 0 Å². The van der Waals surface area contributed by atoms with Crippen LogP contribution in [0, 0.1) is 40.5 Å². The van der Waals surface area contributed by atoms with E-state index in [1.807, 2.05) is 19.6 Å². The summed E-state index contributed by atoms with van der Waals surface area (Å²) < 4.78 is 21.0. The van der Waals surface area contributed by atoms with Crippen molar-refractivity contribution in [3.05, 3.63) is 138 Å². The van der Waals surface area contributed by atoms with Crippen molar-refractivity contribution in [3.63, 3.8) is 0 Å². The topological polar surface area (TPSA) is 271 Å². The summed E-state index contributed by atoms with van der Waals surface area (Å²) in [5, 5.41) is 56.8. The Morgan fingerprint density at radius 1 is 0.333 bits per heavy atom. The number of nitro benzene ring substituents is 4. The molecule has 0 unspecified atom stereocenters. The Kier molecular flexibility index (Phi) is 22.9. The number of benzene rings is 4. The lowest BCUT2D eigenvalue weighted by atomic mass is 10.3. The summed E-state index contributed by atoms with van der Waals surface area (Å²) in [6, 6.07) is 24.7. The van der Waals surface area contributed by atoms with Crippen molar-refractivity contribution in [3.8, 4) is 0 Å². The molecule has 0 aliphatic carbocycles. The third kappa shape index (κ3) is 19.0. The third-order valence-electron chi connectivity index (χ3n) is 10.5. The number of nitrogens with zero attached hydrogens (tertiary/aromatic N) is 8. The Morgan fingerprint density at radius 3 is 0.625 bits per heavy atom. The molecular weight excluding hydrogens is 1020 g/mol. The van der Waals surface area contributed by atoms with Crippen molar-refractivity contribution in [2.45, 2.75) is 0 Å². The molecule has 4 heterocycles. The maximum atomic E-state index is 10.5. The molecule has 4 N–H and O–H groups in total. The number of nitro groups is 4. The van der Waals surface area contributed by atoms with Crippen LogP contribution < -0.4 is 21.3 Å². The zero-order chi connectivity index (χ0) is 51.8. The summed E-state index contributed by atoms with van der Waals surface area (Å²) in [7, 11) is 0. The van der Waals surface area contributed by atoms with Crippen molar-refractivity contribution in [2.75, 3.05) is 126 Å². The standard InChI is InChI=1S/4C11H13N3O3S/c4*15-14(16)10-3-1-9(2-4-10)12-11(18)13-5-7-17-8-6-13/h4*1-4H,5-8H2,(H,12,18). The predicted octanol–water partition coefficient (Wildman–Crippen LogP) is 6.50. The van der Waals surface area contributed by atoms with Crippen molar-refractivity contribution in [1.82, 2.24) is 19.6 Å². The third-order valence-corrected chi connectivity index (χ3v) is 12.0. The minimum atomic E-state index is -0.427. The molecule has 8 rings (SSSR count). The average Bonchev–Trinajstić information content (AvgIpc) is 3.41. The molecule has 0 bridgehead atoms. The molecule has 0 amide bonds. The van der Waals surface area contributed by atoms with Crippen LogP contribution in [0.15, 0.2) is 97.1 Å². The number of hydrogen-bond acceptors (Lipinski definition) is 16. The molecule has 4 aromatic rings. The van der Waals surface area contributed by atoms with Crippen LogP contribution in [0.25, 0.3) is 0 Å². The van der Waals surface area contributed by atoms with Gasteiger partial charge in [-0.1, -0.05) is 0 Å². The lowest BCUT2D eigenvalue weighted by Crippen LogP contribution is -2.42. The molecule has 4 aliphatic heterocycles. The first-order valence-corrected chi connectivity index (χ1v) is 23.8. The fourth-order valence-corrected chi connectivity index (χ4v) is 7.74. The number of anilines is 4. The molecule has 384 valence electrons. The smallest absolute Gasteiger partial charge is 0.269 e. The molecule has 0 radical (unpaired) electrons. The van der Waals surface area contributed by atoms with Gasteiger partial charge in [-0.05, 0) is 97.4 Å². The Balaban J connectivity index is 0.000000178. The van der Waals surface area contributed by atoms with E-state index in [0.717, 1.165) is 75.1 Å². The van der Waals surface area contributed by atoms with Gasteiger partial charge in [0, 0.05) is 124 Å². The van der Waals surface area contributed by atoms with E-state index < -0.39 is 19.7 Å². The van der Waals surface area contributed by atoms with Crippen LogP contribution >= 0.6 is 48.9 Å². The lowest BCUT2D eigenvalue weighted by molar-refractivity contribution is -0.385. The minimum Gasteiger partial charge on any atom is -0.378 e. The molecule has 4 aromatic carbocycles. The van der Waals surface area contributed by atoms with Crippen LogP contribution in [0.4, 0.5) is 45.5 Å². The van der Waals surface area contributed by atoms with Gasteiger partial charge in [-0.25, -0.2) is 0 Å². The van der Waals surface area contributed by atoms with E-state index in [9.17, 15) is 40.5 Å². The SMILES string of the molecule is O=[N+]([O-])c1ccc(NC(=S)N2CCOCC2)cc1.O=[N+]([O-])c1ccc(NC(=S)N2CCOCC2)cc1.O=[N+]([O-])c1ccc(NC(=S)N2CCOCC2)cc1.O=[N+]([O-])c1ccc(NC(=S)N2CCOCC2)cc1. The lowest BCUT2D eigenvalue weighted by Gasteiger charge is -2.29. The number of rotatable bonds is 8. The average molecular weight is 1070 g/mol. The summed E-state index contributed by atoms with van der Waals surface area (Å²) in [5.74, 6) is 0. The summed E-state index contributed by atoms with van der Waals surface area (Å²) in [4.78, 5) is 48.4. The van der Waals surface area contributed by atoms with Gasteiger partial charge in [0.05, 0.1) is 72.5 Å².